The van der Waals surface area contributed by atoms with Crippen LogP contribution < -0.4 is 0 Å². The number of rotatable bonds is 8. The Morgan fingerprint density at radius 2 is 1.96 bits per heavy atom. The zero-order valence-electron chi connectivity index (χ0n) is 15.5. The molecule has 2 aromatic heterocycles. The van der Waals surface area contributed by atoms with Crippen LogP contribution in [0.25, 0.3) is 5.70 Å². The first-order chi connectivity index (χ1) is 13.6. The Balaban J connectivity index is 1.53. The molecule has 1 fully saturated rings. The van der Waals surface area contributed by atoms with E-state index in [-0.39, 0.29) is 0 Å². The van der Waals surface area contributed by atoms with Crippen LogP contribution in [0.15, 0.2) is 45.7 Å². The average Bonchev–Trinajstić information content (AvgIpc) is 3.43. The van der Waals surface area contributed by atoms with Gasteiger partial charge in [-0.05, 0) is 29.1 Å². The third-order valence-electron chi connectivity index (χ3n) is 4.47. The zero-order valence-corrected chi connectivity index (χ0v) is 16.3. The number of carbonyl (C=O) groups is 2. The van der Waals surface area contributed by atoms with Crippen molar-refractivity contribution in [3.63, 3.8) is 0 Å². The Hall–Kier alpha value is -2.81. The summed E-state index contributed by atoms with van der Waals surface area (Å²) < 4.78 is 18.1. The number of hydrogen-bond acceptors (Lipinski definition) is 7. The molecule has 2 aromatic rings. The van der Waals surface area contributed by atoms with Crippen LogP contribution in [0.5, 0.6) is 0 Å². The fraction of sp³-hybridized carbons (Fsp3) is 0.368. The number of aryl methyl sites for hydroxylation is 1. The van der Waals surface area contributed by atoms with Gasteiger partial charge in [0.15, 0.2) is 10.8 Å². The average molecular weight is 403 g/mol. The Bertz CT molecular complexity index is 929. The van der Waals surface area contributed by atoms with E-state index in [1.165, 1.54) is 25.5 Å². The minimum atomic E-state index is -2.67. The van der Waals surface area contributed by atoms with E-state index < -0.39 is 22.5 Å². The highest BCUT2D eigenvalue weighted by Crippen LogP contribution is 2.62. The number of carbonyl (C=O) groups excluding carboxylic acids is 2. The lowest BCUT2D eigenvalue weighted by Crippen LogP contribution is -2.11. The number of imidazole rings is 1. The molecule has 0 unspecified atom stereocenters. The van der Waals surface area contributed by atoms with Crippen LogP contribution in [-0.2, 0) is 30.9 Å². The Kier molecular flexibility index (Phi) is 5.08. The summed E-state index contributed by atoms with van der Waals surface area (Å²) in [4.78, 5) is 32.4. The predicted molar refractivity (Wildman–Crippen MR) is 104 cm³/mol. The number of furan rings is 1. The molecule has 0 aliphatic carbocycles. The molecule has 0 N–H and O–H groups in total. The van der Waals surface area contributed by atoms with Gasteiger partial charge in [-0.1, -0.05) is 26.2 Å². The van der Waals surface area contributed by atoms with Gasteiger partial charge in [-0.15, -0.1) is 0 Å². The predicted octanol–water partition coefficient (Wildman–Crippen LogP) is 3.74. The maximum atomic E-state index is 11.7. The quantitative estimate of drug-likeness (QED) is 0.492. The third kappa shape index (κ3) is 3.62. The molecular weight excluding hydrogens is 382 g/mol. The van der Waals surface area contributed by atoms with Crippen molar-refractivity contribution < 1.29 is 22.4 Å². The smallest absolute Gasteiger partial charge is 0.442 e. The Morgan fingerprint density at radius 3 is 2.68 bits per heavy atom. The summed E-state index contributed by atoms with van der Waals surface area (Å²) >= 11 is 0. The monoisotopic (exact) mass is 403 g/mol. The summed E-state index contributed by atoms with van der Waals surface area (Å²) in [5, 5.41) is 2.04. The van der Waals surface area contributed by atoms with E-state index in [1.807, 2.05) is 10.8 Å². The lowest BCUT2D eigenvalue weighted by molar-refractivity contribution is -0.150. The molecule has 4 rings (SSSR count). The third-order valence-corrected chi connectivity index (χ3v) is 6.69. The molecule has 148 valence electrons. The van der Waals surface area contributed by atoms with Crippen LogP contribution in [-0.4, -0.2) is 26.5 Å². The van der Waals surface area contributed by atoms with Gasteiger partial charge < -0.3 is 17.4 Å². The standard InChI is InChI=1S/C19H21N3O5S/c1-2-3-4-5-8-22-11-14(20-13-22)10-17-21-15(16-7-6-9-25-16)12-28(17)26-18(23)19(24)27-28/h6-7,9,11-13H,2-5,8,10H2,1H3. The first-order valence-electron chi connectivity index (χ1n) is 9.24. The van der Waals surface area contributed by atoms with Crippen molar-refractivity contribution in [3.05, 3.63) is 47.8 Å². The van der Waals surface area contributed by atoms with Crippen molar-refractivity contribution in [3.8, 4) is 0 Å². The summed E-state index contributed by atoms with van der Waals surface area (Å²) in [5.41, 5.74) is 1.26. The van der Waals surface area contributed by atoms with Gasteiger partial charge in [0.2, 0.25) is 0 Å². The van der Waals surface area contributed by atoms with E-state index in [9.17, 15) is 9.59 Å². The van der Waals surface area contributed by atoms with Gasteiger partial charge in [0.05, 0.1) is 30.1 Å². The Labute approximate surface area is 164 Å². The summed E-state index contributed by atoms with van der Waals surface area (Å²) in [6.07, 6.45) is 10.3. The van der Waals surface area contributed by atoms with Gasteiger partial charge in [-0.2, -0.15) is 0 Å². The van der Waals surface area contributed by atoms with Crippen molar-refractivity contribution >= 4 is 33.3 Å². The van der Waals surface area contributed by atoms with E-state index >= 15 is 0 Å². The maximum Gasteiger partial charge on any atom is 0.442 e. The number of aromatic nitrogens is 2. The van der Waals surface area contributed by atoms with Crippen LogP contribution in [0, 0.1) is 0 Å². The van der Waals surface area contributed by atoms with Crippen LogP contribution in [0.3, 0.4) is 0 Å². The molecule has 0 aromatic carbocycles. The molecule has 0 bridgehead atoms. The van der Waals surface area contributed by atoms with Gasteiger partial charge in [-0.25, -0.2) is 19.6 Å². The van der Waals surface area contributed by atoms with Crippen molar-refractivity contribution in [2.24, 2.45) is 4.99 Å². The highest BCUT2D eigenvalue weighted by molar-refractivity contribution is 8.41. The lowest BCUT2D eigenvalue weighted by Gasteiger charge is -2.28. The molecule has 1 saturated heterocycles. The van der Waals surface area contributed by atoms with E-state index in [1.54, 1.807) is 23.9 Å². The molecule has 8 nitrogen and oxygen atoms in total. The molecule has 2 aliphatic heterocycles. The Morgan fingerprint density at radius 1 is 1.14 bits per heavy atom. The molecule has 4 heterocycles. The van der Waals surface area contributed by atoms with Gasteiger partial charge in [0.1, 0.15) is 5.70 Å². The number of nitrogens with zero attached hydrogens (tertiary/aromatic N) is 3. The highest BCUT2D eigenvalue weighted by atomic mass is 32.3. The molecule has 1 spiro atoms. The highest BCUT2D eigenvalue weighted by Gasteiger charge is 2.47. The number of aliphatic imine (C=N–C) groups is 1. The molecular formula is C19H21N3O5S. The zero-order chi connectivity index (χ0) is 19.6. The fourth-order valence-electron chi connectivity index (χ4n) is 3.07. The van der Waals surface area contributed by atoms with Crippen LogP contribution in [0.1, 0.15) is 44.1 Å². The number of hydrogen-bond donors (Lipinski definition) is 0. The van der Waals surface area contributed by atoms with Crippen LogP contribution in [0.2, 0.25) is 0 Å². The summed E-state index contributed by atoms with van der Waals surface area (Å²) in [5.74, 6) is -1.48. The summed E-state index contributed by atoms with van der Waals surface area (Å²) in [7, 11) is -2.67. The van der Waals surface area contributed by atoms with E-state index in [0.29, 0.717) is 22.9 Å². The first kappa shape index (κ1) is 18.5. The second-order valence-electron chi connectivity index (χ2n) is 6.61. The SMILES string of the molecule is CCCCCCn1cnc(CC2=NC(c3ccco3)=CS23OC(=O)C(=O)O3)c1. The number of unbranched alkanes of at least 4 members (excludes halogenated alkanes) is 3. The normalized spacial score (nSPS) is 18.8. The minimum absolute atomic E-state index is 0.318. The largest absolute Gasteiger partial charge is 0.463 e. The van der Waals surface area contributed by atoms with Gasteiger partial charge in [-0.3, -0.25) is 0 Å². The molecule has 0 atom stereocenters. The molecule has 0 saturated carbocycles. The fourth-order valence-corrected chi connectivity index (χ4v) is 5.15. The van der Waals surface area contributed by atoms with Crippen LogP contribution in [0.4, 0.5) is 0 Å². The summed E-state index contributed by atoms with van der Waals surface area (Å²) in [6, 6.07) is 3.48. The van der Waals surface area contributed by atoms with E-state index in [0.717, 1.165) is 18.7 Å². The molecule has 0 amide bonds. The van der Waals surface area contributed by atoms with Crippen molar-refractivity contribution in [1.82, 2.24) is 9.55 Å². The van der Waals surface area contributed by atoms with Crippen molar-refractivity contribution in [2.75, 3.05) is 0 Å². The van der Waals surface area contributed by atoms with Crippen LogP contribution >= 0.6 is 10.6 Å². The molecule has 0 radical (unpaired) electrons. The maximum absolute atomic E-state index is 11.7. The molecule has 28 heavy (non-hydrogen) atoms. The molecule has 9 heteroatoms. The van der Waals surface area contributed by atoms with Crippen molar-refractivity contribution in [2.45, 2.75) is 45.6 Å². The second-order valence-corrected chi connectivity index (χ2v) is 8.74. The minimum Gasteiger partial charge on any atom is -0.463 e. The van der Waals surface area contributed by atoms with Gasteiger partial charge >= 0.3 is 11.9 Å². The lowest BCUT2D eigenvalue weighted by atomic mass is 10.2. The van der Waals surface area contributed by atoms with E-state index in [4.69, 9.17) is 12.8 Å². The van der Waals surface area contributed by atoms with Crippen molar-refractivity contribution in [1.29, 1.82) is 0 Å². The van der Waals surface area contributed by atoms with E-state index in [2.05, 4.69) is 16.9 Å². The van der Waals surface area contributed by atoms with Gasteiger partial charge in [0.25, 0.3) is 0 Å². The topological polar surface area (TPSA) is 95.9 Å². The summed E-state index contributed by atoms with van der Waals surface area (Å²) in [6.45, 7) is 3.08. The second kappa shape index (κ2) is 7.67. The van der Waals surface area contributed by atoms with Gasteiger partial charge in [0, 0.05) is 12.7 Å². The molecule has 2 aliphatic rings. The first-order valence-corrected chi connectivity index (χ1v) is 10.8.